The predicted molar refractivity (Wildman–Crippen MR) is 75.9 cm³/mol. The maximum Gasteiger partial charge on any atom is 0.126 e. The third-order valence-electron chi connectivity index (χ3n) is 3.31. The van der Waals surface area contributed by atoms with Crippen molar-refractivity contribution >= 4 is 0 Å². The fourth-order valence-corrected chi connectivity index (χ4v) is 2.02. The van der Waals surface area contributed by atoms with Crippen LogP contribution in [-0.2, 0) is 0 Å². The highest BCUT2D eigenvalue weighted by Gasteiger charge is 2.10. The van der Waals surface area contributed by atoms with Crippen LogP contribution in [0.15, 0.2) is 42.5 Å². The monoisotopic (exact) mass is 259 g/mol. The van der Waals surface area contributed by atoms with Crippen LogP contribution in [0.4, 0.5) is 4.39 Å². The Kier molecular flexibility index (Phi) is 4.17. The first-order valence-corrected chi connectivity index (χ1v) is 6.27. The lowest BCUT2D eigenvalue weighted by molar-refractivity contribution is 0.416. The number of methoxy groups -OCH3 is 1. The van der Waals surface area contributed by atoms with E-state index in [0.717, 1.165) is 16.9 Å². The molecule has 0 aliphatic rings. The molecule has 2 nitrogen and oxygen atoms in total. The van der Waals surface area contributed by atoms with Gasteiger partial charge in [-0.25, -0.2) is 4.39 Å². The van der Waals surface area contributed by atoms with E-state index in [2.05, 4.69) is 18.3 Å². The molecule has 1 unspecified atom stereocenters. The van der Waals surface area contributed by atoms with Crippen LogP contribution in [0.25, 0.3) is 11.1 Å². The fraction of sp³-hybridized carbons (Fsp3) is 0.250. The first-order chi connectivity index (χ1) is 9.15. The lowest BCUT2D eigenvalue weighted by Gasteiger charge is -2.15. The van der Waals surface area contributed by atoms with Crippen LogP contribution >= 0.6 is 0 Å². The number of hydrogen-bond donors (Lipinski definition) is 1. The maximum absolute atomic E-state index is 13.0. The summed E-state index contributed by atoms with van der Waals surface area (Å²) in [4.78, 5) is 0. The lowest BCUT2D eigenvalue weighted by Crippen LogP contribution is -2.12. The Balaban J connectivity index is 2.49. The molecule has 2 aromatic carbocycles. The number of rotatable bonds is 4. The summed E-state index contributed by atoms with van der Waals surface area (Å²) in [5.74, 6) is 0.557. The van der Waals surface area contributed by atoms with Crippen LogP contribution in [0.2, 0.25) is 0 Å². The Labute approximate surface area is 113 Å². The molecule has 19 heavy (non-hydrogen) atoms. The summed E-state index contributed by atoms with van der Waals surface area (Å²) in [6.07, 6.45) is 0. The van der Waals surface area contributed by atoms with E-state index in [1.807, 2.05) is 19.2 Å². The van der Waals surface area contributed by atoms with Gasteiger partial charge in [0.05, 0.1) is 7.11 Å². The fourth-order valence-electron chi connectivity index (χ4n) is 2.02. The van der Waals surface area contributed by atoms with Gasteiger partial charge in [-0.15, -0.1) is 0 Å². The molecule has 0 saturated heterocycles. The molecule has 0 fully saturated rings. The van der Waals surface area contributed by atoms with Gasteiger partial charge in [0.25, 0.3) is 0 Å². The average Bonchev–Trinajstić information content (AvgIpc) is 2.46. The van der Waals surface area contributed by atoms with Crippen molar-refractivity contribution in [3.63, 3.8) is 0 Å². The highest BCUT2D eigenvalue weighted by Crippen LogP contribution is 2.32. The Hall–Kier alpha value is -1.87. The minimum Gasteiger partial charge on any atom is -0.496 e. The average molecular weight is 259 g/mol. The standard InChI is InChI=1S/C16H18FNO/c1-11(18-2)13-6-9-16(19-3)15(10-13)12-4-7-14(17)8-5-12/h4-11,18H,1-3H3. The number of halogens is 1. The van der Waals surface area contributed by atoms with Gasteiger partial charge in [0.1, 0.15) is 11.6 Å². The van der Waals surface area contributed by atoms with Gasteiger partial charge in [-0.3, -0.25) is 0 Å². The number of hydrogen-bond acceptors (Lipinski definition) is 2. The van der Waals surface area contributed by atoms with Gasteiger partial charge in [0.15, 0.2) is 0 Å². The maximum atomic E-state index is 13.0. The zero-order valence-corrected chi connectivity index (χ0v) is 11.4. The molecular formula is C16H18FNO. The normalized spacial score (nSPS) is 12.2. The largest absolute Gasteiger partial charge is 0.496 e. The summed E-state index contributed by atoms with van der Waals surface area (Å²) in [5, 5.41) is 3.21. The van der Waals surface area contributed by atoms with Crippen LogP contribution in [0.5, 0.6) is 5.75 Å². The minimum atomic E-state index is -0.234. The van der Waals surface area contributed by atoms with Gasteiger partial charge in [-0.2, -0.15) is 0 Å². The quantitative estimate of drug-likeness (QED) is 0.902. The van der Waals surface area contributed by atoms with Crippen molar-refractivity contribution in [2.75, 3.05) is 14.2 Å². The molecule has 0 saturated carbocycles. The van der Waals surface area contributed by atoms with E-state index in [1.165, 1.54) is 17.7 Å². The van der Waals surface area contributed by atoms with Gasteiger partial charge in [-0.1, -0.05) is 18.2 Å². The van der Waals surface area contributed by atoms with E-state index >= 15 is 0 Å². The van der Waals surface area contributed by atoms with E-state index in [0.29, 0.717) is 0 Å². The Morgan fingerprint density at radius 1 is 1.11 bits per heavy atom. The summed E-state index contributed by atoms with van der Waals surface area (Å²) >= 11 is 0. The highest BCUT2D eigenvalue weighted by atomic mass is 19.1. The number of ether oxygens (including phenoxy) is 1. The highest BCUT2D eigenvalue weighted by molar-refractivity contribution is 5.71. The summed E-state index contributed by atoms with van der Waals surface area (Å²) in [6.45, 7) is 2.09. The van der Waals surface area contributed by atoms with Gasteiger partial charge < -0.3 is 10.1 Å². The van der Waals surface area contributed by atoms with Crippen molar-refractivity contribution in [3.8, 4) is 16.9 Å². The molecule has 2 rings (SSSR count). The Morgan fingerprint density at radius 2 is 1.79 bits per heavy atom. The lowest BCUT2D eigenvalue weighted by atomic mass is 9.99. The van der Waals surface area contributed by atoms with Crippen LogP contribution < -0.4 is 10.1 Å². The number of benzene rings is 2. The van der Waals surface area contributed by atoms with Crippen molar-refractivity contribution in [1.29, 1.82) is 0 Å². The molecule has 3 heteroatoms. The van der Waals surface area contributed by atoms with Crippen molar-refractivity contribution in [1.82, 2.24) is 5.32 Å². The minimum absolute atomic E-state index is 0.234. The third kappa shape index (κ3) is 2.93. The molecule has 1 atom stereocenters. The Morgan fingerprint density at radius 3 is 2.37 bits per heavy atom. The van der Waals surface area contributed by atoms with E-state index in [1.54, 1.807) is 19.2 Å². The molecular weight excluding hydrogens is 241 g/mol. The summed E-state index contributed by atoms with van der Waals surface area (Å²) < 4.78 is 18.4. The van der Waals surface area contributed by atoms with Crippen LogP contribution in [0.1, 0.15) is 18.5 Å². The molecule has 100 valence electrons. The second-order valence-electron chi connectivity index (χ2n) is 4.48. The molecule has 0 aromatic heterocycles. The van der Waals surface area contributed by atoms with Crippen LogP contribution in [-0.4, -0.2) is 14.2 Å². The summed E-state index contributed by atoms with van der Waals surface area (Å²) in [5.41, 5.74) is 3.09. The SMILES string of the molecule is CNC(C)c1ccc(OC)c(-c2ccc(F)cc2)c1. The molecule has 1 N–H and O–H groups in total. The topological polar surface area (TPSA) is 21.3 Å². The molecule has 0 radical (unpaired) electrons. The zero-order chi connectivity index (χ0) is 13.8. The number of nitrogens with one attached hydrogen (secondary N) is 1. The van der Waals surface area contributed by atoms with E-state index in [4.69, 9.17) is 4.74 Å². The van der Waals surface area contributed by atoms with Crippen molar-refractivity contribution in [2.45, 2.75) is 13.0 Å². The Bertz CT molecular complexity index is 551. The summed E-state index contributed by atoms with van der Waals surface area (Å²) in [7, 11) is 3.57. The second kappa shape index (κ2) is 5.85. The molecule has 0 aliphatic carbocycles. The third-order valence-corrected chi connectivity index (χ3v) is 3.31. The van der Waals surface area contributed by atoms with Crippen molar-refractivity contribution in [2.24, 2.45) is 0 Å². The molecule has 0 spiro atoms. The zero-order valence-electron chi connectivity index (χ0n) is 11.4. The first-order valence-electron chi connectivity index (χ1n) is 6.27. The molecule has 0 bridgehead atoms. The first kappa shape index (κ1) is 13.6. The summed E-state index contributed by atoms with van der Waals surface area (Å²) in [6, 6.07) is 12.8. The van der Waals surface area contributed by atoms with Gasteiger partial charge >= 0.3 is 0 Å². The van der Waals surface area contributed by atoms with Gasteiger partial charge in [0, 0.05) is 11.6 Å². The second-order valence-corrected chi connectivity index (χ2v) is 4.48. The van der Waals surface area contributed by atoms with Crippen molar-refractivity contribution < 1.29 is 9.13 Å². The molecule has 0 amide bonds. The molecule has 0 aliphatic heterocycles. The molecule has 0 heterocycles. The van der Waals surface area contributed by atoms with E-state index < -0.39 is 0 Å². The van der Waals surface area contributed by atoms with E-state index in [9.17, 15) is 4.39 Å². The van der Waals surface area contributed by atoms with Gasteiger partial charge in [-0.05, 0) is 49.4 Å². The molecule has 2 aromatic rings. The van der Waals surface area contributed by atoms with Crippen molar-refractivity contribution in [3.05, 3.63) is 53.8 Å². The smallest absolute Gasteiger partial charge is 0.126 e. The van der Waals surface area contributed by atoms with E-state index in [-0.39, 0.29) is 11.9 Å². The van der Waals surface area contributed by atoms with Crippen LogP contribution in [0.3, 0.4) is 0 Å². The predicted octanol–water partition coefficient (Wildman–Crippen LogP) is 3.78. The van der Waals surface area contributed by atoms with Crippen LogP contribution in [0, 0.1) is 5.82 Å². The van der Waals surface area contributed by atoms with Gasteiger partial charge in [0.2, 0.25) is 0 Å².